The van der Waals surface area contributed by atoms with Gasteiger partial charge in [0.25, 0.3) is 0 Å². The smallest absolute Gasteiger partial charge is 0.249 e. The van der Waals surface area contributed by atoms with Crippen molar-refractivity contribution in [3.63, 3.8) is 0 Å². The number of rotatable bonds is 9. The minimum atomic E-state index is -0.459. The van der Waals surface area contributed by atoms with Crippen LogP contribution in [0.1, 0.15) is 6.42 Å². The molecule has 3 aromatic heterocycles. The summed E-state index contributed by atoms with van der Waals surface area (Å²) < 4.78 is 5.33. The number of pyridine rings is 1. The molecule has 0 aliphatic carbocycles. The average Bonchev–Trinajstić information content (AvgIpc) is 3.39. The van der Waals surface area contributed by atoms with Gasteiger partial charge in [0.2, 0.25) is 11.8 Å². The Balaban J connectivity index is 1.16. The Hall–Kier alpha value is -4.35. The first kappa shape index (κ1) is 24.3. The van der Waals surface area contributed by atoms with Gasteiger partial charge in [-0.1, -0.05) is 0 Å². The zero-order valence-corrected chi connectivity index (χ0v) is 20.2. The third-order valence-corrected chi connectivity index (χ3v) is 6.03. The Labute approximate surface area is 213 Å². The Morgan fingerprint density at radius 3 is 2.81 bits per heavy atom. The molecule has 1 aliphatic heterocycles. The quantitative estimate of drug-likeness (QED) is 0.203. The van der Waals surface area contributed by atoms with E-state index in [1.165, 1.54) is 18.5 Å². The third kappa shape index (κ3) is 6.46. The van der Waals surface area contributed by atoms with Crippen molar-refractivity contribution >= 4 is 50.9 Å². The van der Waals surface area contributed by atoms with Gasteiger partial charge in [0, 0.05) is 60.0 Å². The van der Waals surface area contributed by atoms with Gasteiger partial charge in [-0.25, -0.2) is 15.0 Å². The molecule has 4 heterocycles. The summed E-state index contributed by atoms with van der Waals surface area (Å²) in [6.07, 6.45) is 8.16. The number of aromatic nitrogens is 4. The average molecular weight is 501 g/mol. The lowest BCUT2D eigenvalue weighted by atomic mass is 10.2. The molecule has 4 N–H and O–H groups in total. The summed E-state index contributed by atoms with van der Waals surface area (Å²) in [5, 5.41) is 10.6. The van der Waals surface area contributed by atoms with Crippen LogP contribution in [0.3, 0.4) is 0 Å². The van der Waals surface area contributed by atoms with Crippen molar-refractivity contribution in [1.82, 2.24) is 30.2 Å². The lowest BCUT2D eigenvalue weighted by Gasteiger charge is -2.26. The first-order chi connectivity index (χ1) is 18.1. The number of nitrogens with one attached hydrogen (secondary N) is 4. The van der Waals surface area contributed by atoms with Gasteiger partial charge in [-0.2, -0.15) is 0 Å². The van der Waals surface area contributed by atoms with Crippen LogP contribution in [0, 0.1) is 0 Å². The van der Waals surface area contributed by atoms with Crippen LogP contribution in [0.25, 0.3) is 21.8 Å². The van der Waals surface area contributed by atoms with Gasteiger partial charge in [-0.05, 0) is 43.3 Å². The maximum absolute atomic E-state index is 12.4. The number of nitrogens with zero attached hydrogens (tertiary/aromatic N) is 4. The summed E-state index contributed by atoms with van der Waals surface area (Å²) in [6.45, 7) is 4.80. The van der Waals surface area contributed by atoms with Gasteiger partial charge >= 0.3 is 0 Å². The summed E-state index contributed by atoms with van der Waals surface area (Å²) in [5.41, 5.74) is 2.54. The molecule has 0 spiro atoms. The second-order valence-electron chi connectivity index (χ2n) is 8.63. The van der Waals surface area contributed by atoms with Crippen molar-refractivity contribution < 1.29 is 14.3 Å². The second-order valence-corrected chi connectivity index (χ2v) is 8.63. The lowest BCUT2D eigenvalue weighted by Crippen LogP contribution is -2.38. The monoisotopic (exact) mass is 500 g/mol. The number of fused-ring (bicyclic) bond motifs is 2. The molecule has 1 saturated heterocycles. The summed E-state index contributed by atoms with van der Waals surface area (Å²) in [7, 11) is 0. The number of benzene rings is 1. The molecule has 0 unspecified atom stereocenters. The molecule has 11 heteroatoms. The number of carbonyl (C=O) groups is 2. The van der Waals surface area contributed by atoms with Crippen molar-refractivity contribution in [1.29, 1.82) is 0 Å². The molecule has 0 atom stereocenters. The third-order valence-electron chi connectivity index (χ3n) is 6.03. The van der Waals surface area contributed by atoms with E-state index in [-0.39, 0.29) is 5.91 Å². The number of H-pyrrole nitrogens is 1. The highest BCUT2D eigenvalue weighted by Crippen LogP contribution is 2.26. The summed E-state index contributed by atoms with van der Waals surface area (Å²) in [6, 6.07) is 9.65. The van der Waals surface area contributed by atoms with Gasteiger partial charge in [-0.15, -0.1) is 0 Å². The first-order valence-corrected chi connectivity index (χ1v) is 12.2. The highest BCUT2D eigenvalue weighted by atomic mass is 16.5. The number of hydrogen-bond donors (Lipinski definition) is 4. The summed E-state index contributed by atoms with van der Waals surface area (Å²) in [4.78, 5) is 42.8. The molecule has 0 radical (unpaired) electrons. The normalized spacial score (nSPS) is 14.3. The van der Waals surface area contributed by atoms with Gasteiger partial charge < -0.3 is 25.7 Å². The SMILES string of the molecule is O=C(/C=C/C(=O)Nc1cc2c(Nc3ccc4[nH]ccc4c3)ncnc2cn1)NCCCN1CCOCC1. The van der Waals surface area contributed by atoms with Gasteiger partial charge in [-0.3, -0.25) is 14.5 Å². The number of hydrogen-bond acceptors (Lipinski definition) is 8. The molecule has 5 rings (SSSR count). The van der Waals surface area contributed by atoms with E-state index in [0.29, 0.717) is 29.1 Å². The van der Waals surface area contributed by atoms with Crippen molar-refractivity contribution in [2.45, 2.75) is 6.42 Å². The molecule has 0 bridgehead atoms. The molecule has 37 heavy (non-hydrogen) atoms. The molecule has 2 amide bonds. The number of carbonyl (C=O) groups excluding carboxylic acids is 2. The Kier molecular flexibility index (Phi) is 7.63. The van der Waals surface area contributed by atoms with E-state index in [1.54, 1.807) is 12.3 Å². The van der Waals surface area contributed by atoms with Crippen LogP contribution < -0.4 is 16.0 Å². The first-order valence-electron chi connectivity index (χ1n) is 12.2. The minimum absolute atomic E-state index is 0.317. The van der Waals surface area contributed by atoms with Crippen LogP contribution in [-0.2, 0) is 14.3 Å². The number of aromatic amines is 1. The maximum Gasteiger partial charge on any atom is 0.249 e. The van der Waals surface area contributed by atoms with Crippen LogP contribution in [-0.4, -0.2) is 76.0 Å². The predicted molar refractivity (Wildman–Crippen MR) is 142 cm³/mol. The predicted octanol–water partition coefficient (Wildman–Crippen LogP) is 2.58. The lowest BCUT2D eigenvalue weighted by molar-refractivity contribution is -0.117. The van der Waals surface area contributed by atoms with E-state index in [1.807, 2.05) is 30.5 Å². The van der Waals surface area contributed by atoms with E-state index in [9.17, 15) is 9.59 Å². The molecule has 1 aromatic carbocycles. The summed E-state index contributed by atoms with van der Waals surface area (Å²) >= 11 is 0. The van der Waals surface area contributed by atoms with E-state index in [0.717, 1.165) is 55.9 Å². The highest BCUT2D eigenvalue weighted by Gasteiger charge is 2.10. The van der Waals surface area contributed by atoms with Crippen LogP contribution in [0.2, 0.25) is 0 Å². The zero-order valence-electron chi connectivity index (χ0n) is 20.2. The van der Waals surface area contributed by atoms with Crippen molar-refractivity contribution in [3.05, 3.63) is 61.2 Å². The largest absolute Gasteiger partial charge is 0.379 e. The molecule has 190 valence electrons. The van der Waals surface area contributed by atoms with Crippen LogP contribution in [0.4, 0.5) is 17.3 Å². The Bertz CT molecular complexity index is 1430. The van der Waals surface area contributed by atoms with Crippen LogP contribution in [0.15, 0.2) is 61.2 Å². The van der Waals surface area contributed by atoms with Gasteiger partial charge in [0.05, 0.1) is 24.9 Å². The zero-order chi connectivity index (χ0) is 25.5. The fourth-order valence-electron chi connectivity index (χ4n) is 4.11. The molecular weight excluding hydrogens is 472 g/mol. The number of amides is 2. The van der Waals surface area contributed by atoms with E-state index >= 15 is 0 Å². The van der Waals surface area contributed by atoms with E-state index in [2.05, 4.69) is 40.8 Å². The fourth-order valence-corrected chi connectivity index (χ4v) is 4.11. The van der Waals surface area contributed by atoms with Crippen LogP contribution >= 0.6 is 0 Å². The topological polar surface area (TPSA) is 137 Å². The standard InChI is InChI=1S/C26H28N8O3/c35-24(28-7-1-9-34-10-12-37-13-11-34)4-5-25(36)33-23-15-20-22(16-29-23)30-17-31-26(20)32-19-2-3-21-18(14-19)6-8-27-21/h2-6,8,14-17,27H,1,7,9-13H2,(H,28,35)(H,29,33,36)(H,30,31,32)/b5-4+. The maximum atomic E-state index is 12.4. The molecular formula is C26H28N8O3. The minimum Gasteiger partial charge on any atom is -0.379 e. The fraction of sp³-hybridized carbons (Fsp3) is 0.269. The van der Waals surface area contributed by atoms with Crippen molar-refractivity contribution in [2.24, 2.45) is 0 Å². The molecule has 0 saturated carbocycles. The van der Waals surface area contributed by atoms with Gasteiger partial charge in [0.15, 0.2) is 0 Å². The number of morpholine rings is 1. The number of ether oxygens (including phenoxy) is 1. The molecule has 1 aliphatic rings. The van der Waals surface area contributed by atoms with Crippen molar-refractivity contribution in [2.75, 3.05) is 50.0 Å². The van der Waals surface area contributed by atoms with Crippen LogP contribution in [0.5, 0.6) is 0 Å². The van der Waals surface area contributed by atoms with E-state index in [4.69, 9.17) is 4.74 Å². The Morgan fingerprint density at radius 1 is 1.05 bits per heavy atom. The molecule has 11 nitrogen and oxygen atoms in total. The molecule has 1 fully saturated rings. The highest BCUT2D eigenvalue weighted by molar-refractivity contribution is 6.04. The second kappa shape index (κ2) is 11.6. The molecule has 4 aromatic rings. The Morgan fingerprint density at radius 2 is 1.92 bits per heavy atom. The van der Waals surface area contributed by atoms with E-state index < -0.39 is 5.91 Å². The van der Waals surface area contributed by atoms with Gasteiger partial charge in [0.1, 0.15) is 18.0 Å². The van der Waals surface area contributed by atoms with Crippen molar-refractivity contribution in [3.8, 4) is 0 Å². The summed E-state index contributed by atoms with van der Waals surface area (Å²) in [5.74, 6) is 0.138. The number of anilines is 3.